The molecule has 1 saturated heterocycles. The number of carbonyl (C=O) groups is 1. The molecular weight excluding hydrogens is 388 g/mol. The number of hydrogen-bond donors (Lipinski definition) is 0. The van der Waals surface area contributed by atoms with E-state index >= 15 is 0 Å². The normalized spacial score (nSPS) is 15.6. The van der Waals surface area contributed by atoms with E-state index < -0.39 is 16.0 Å². The number of anilines is 1. The third-order valence-corrected chi connectivity index (χ3v) is 6.61. The van der Waals surface area contributed by atoms with Crippen molar-refractivity contribution in [2.24, 2.45) is 0 Å². The van der Waals surface area contributed by atoms with Gasteiger partial charge in [0, 0.05) is 36.9 Å². The number of hydrogen-bond acceptors (Lipinski definition) is 5. The lowest BCUT2D eigenvalue weighted by molar-refractivity contribution is 0.0600. The first kappa shape index (κ1) is 19.7. The van der Waals surface area contributed by atoms with Crippen LogP contribution >= 0.6 is 11.6 Å². The lowest BCUT2D eigenvalue weighted by Gasteiger charge is -2.35. The van der Waals surface area contributed by atoms with Crippen LogP contribution in [0.25, 0.3) is 0 Å². The fourth-order valence-electron chi connectivity index (χ4n) is 3.05. The first-order valence-electron chi connectivity index (χ1n) is 8.54. The van der Waals surface area contributed by atoms with Gasteiger partial charge < -0.3 is 9.64 Å². The summed E-state index contributed by atoms with van der Waals surface area (Å²) in [4.78, 5) is 13.6. The van der Waals surface area contributed by atoms with Crippen LogP contribution in [0.2, 0.25) is 5.02 Å². The van der Waals surface area contributed by atoms with Gasteiger partial charge in [0.15, 0.2) is 0 Å². The van der Waals surface area contributed by atoms with Crippen LogP contribution in [0.15, 0.2) is 48.5 Å². The molecule has 1 aliphatic heterocycles. The van der Waals surface area contributed by atoms with Gasteiger partial charge in [0.1, 0.15) is 0 Å². The number of halogens is 1. The lowest BCUT2D eigenvalue weighted by Crippen LogP contribution is -2.49. The first-order valence-corrected chi connectivity index (χ1v) is 10.5. The van der Waals surface area contributed by atoms with Crippen LogP contribution in [0.4, 0.5) is 5.69 Å². The second-order valence-electron chi connectivity index (χ2n) is 6.31. The topological polar surface area (TPSA) is 66.9 Å². The largest absolute Gasteiger partial charge is 0.465 e. The molecule has 0 saturated carbocycles. The maximum Gasteiger partial charge on any atom is 0.337 e. The summed E-state index contributed by atoms with van der Waals surface area (Å²) in [5.74, 6) is -0.535. The Bertz CT molecular complexity index is 908. The minimum Gasteiger partial charge on any atom is -0.465 e. The molecule has 1 aliphatic rings. The zero-order valence-corrected chi connectivity index (χ0v) is 16.5. The highest BCUT2D eigenvalue weighted by atomic mass is 35.5. The Kier molecular flexibility index (Phi) is 6.04. The standard InChI is InChI=1S/C19H21ClN2O4S/c1-26-19(23)16-7-5-15(6-8-16)14-27(24,25)22-11-9-21(10-12-22)18-4-2-3-17(20)13-18/h2-8,13H,9-12,14H2,1H3. The Morgan fingerprint density at radius 2 is 1.74 bits per heavy atom. The Morgan fingerprint density at radius 1 is 1.07 bits per heavy atom. The second kappa shape index (κ2) is 8.29. The summed E-state index contributed by atoms with van der Waals surface area (Å²) < 4.78 is 31.6. The minimum absolute atomic E-state index is 0.0916. The van der Waals surface area contributed by atoms with E-state index in [2.05, 4.69) is 9.64 Å². The lowest BCUT2D eigenvalue weighted by atomic mass is 10.1. The number of benzene rings is 2. The van der Waals surface area contributed by atoms with Gasteiger partial charge in [-0.2, -0.15) is 4.31 Å². The molecule has 0 atom stereocenters. The number of rotatable bonds is 5. The highest BCUT2D eigenvalue weighted by molar-refractivity contribution is 7.88. The molecule has 0 aromatic heterocycles. The Labute approximate surface area is 164 Å². The second-order valence-corrected chi connectivity index (χ2v) is 8.72. The van der Waals surface area contributed by atoms with Crippen LogP contribution in [0.1, 0.15) is 15.9 Å². The molecule has 0 radical (unpaired) electrons. The number of sulfonamides is 1. The van der Waals surface area contributed by atoms with E-state index in [0.29, 0.717) is 42.3 Å². The molecule has 0 aliphatic carbocycles. The predicted molar refractivity (Wildman–Crippen MR) is 106 cm³/mol. The van der Waals surface area contributed by atoms with E-state index in [-0.39, 0.29) is 5.75 Å². The fourth-order valence-corrected chi connectivity index (χ4v) is 4.75. The van der Waals surface area contributed by atoms with Crippen LogP contribution in [-0.2, 0) is 20.5 Å². The summed E-state index contributed by atoms with van der Waals surface area (Å²) in [7, 11) is -2.12. The molecule has 2 aromatic carbocycles. The fraction of sp³-hybridized carbons (Fsp3) is 0.316. The highest BCUT2D eigenvalue weighted by Crippen LogP contribution is 2.22. The SMILES string of the molecule is COC(=O)c1ccc(CS(=O)(=O)N2CCN(c3cccc(Cl)c3)CC2)cc1. The van der Waals surface area contributed by atoms with E-state index in [0.717, 1.165) is 5.69 Å². The number of nitrogens with zero attached hydrogens (tertiary/aromatic N) is 2. The minimum atomic E-state index is -3.42. The van der Waals surface area contributed by atoms with Gasteiger partial charge in [-0.1, -0.05) is 29.8 Å². The molecule has 6 nitrogen and oxygen atoms in total. The maximum absolute atomic E-state index is 12.7. The first-order chi connectivity index (χ1) is 12.9. The van der Waals surface area contributed by atoms with Crippen molar-refractivity contribution in [3.63, 3.8) is 0 Å². The van der Waals surface area contributed by atoms with Crippen molar-refractivity contribution in [2.45, 2.75) is 5.75 Å². The quantitative estimate of drug-likeness (QED) is 0.711. The summed E-state index contributed by atoms with van der Waals surface area (Å²) in [6.45, 7) is 2.08. The van der Waals surface area contributed by atoms with Gasteiger partial charge in [-0.15, -0.1) is 0 Å². The van der Waals surface area contributed by atoms with Gasteiger partial charge in [-0.05, 0) is 35.9 Å². The summed E-state index contributed by atoms with van der Waals surface area (Å²) in [6.07, 6.45) is 0. The summed E-state index contributed by atoms with van der Waals surface area (Å²) >= 11 is 6.03. The average Bonchev–Trinajstić information content (AvgIpc) is 2.68. The van der Waals surface area contributed by atoms with Crippen LogP contribution in [-0.4, -0.2) is 52.0 Å². The van der Waals surface area contributed by atoms with Gasteiger partial charge in [0.05, 0.1) is 18.4 Å². The van der Waals surface area contributed by atoms with E-state index in [1.165, 1.54) is 11.4 Å². The third kappa shape index (κ3) is 4.80. The number of carbonyl (C=O) groups excluding carboxylic acids is 1. The molecule has 0 amide bonds. The molecule has 1 heterocycles. The van der Waals surface area contributed by atoms with Crippen molar-refractivity contribution in [2.75, 3.05) is 38.2 Å². The van der Waals surface area contributed by atoms with Gasteiger partial charge >= 0.3 is 5.97 Å². The summed E-state index contributed by atoms with van der Waals surface area (Å²) in [5.41, 5.74) is 2.03. The number of methoxy groups -OCH3 is 1. The van der Waals surface area contributed by atoms with Crippen molar-refractivity contribution >= 4 is 33.3 Å². The Morgan fingerprint density at radius 3 is 2.33 bits per heavy atom. The van der Waals surface area contributed by atoms with E-state index in [1.807, 2.05) is 24.3 Å². The smallest absolute Gasteiger partial charge is 0.337 e. The maximum atomic E-state index is 12.7. The average molecular weight is 409 g/mol. The van der Waals surface area contributed by atoms with Crippen LogP contribution < -0.4 is 4.90 Å². The number of esters is 1. The molecule has 0 spiro atoms. The van der Waals surface area contributed by atoms with E-state index in [4.69, 9.17) is 11.6 Å². The number of piperazine rings is 1. The third-order valence-electron chi connectivity index (χ3n) is 4.53. The van der Waals surface area contributed by atoms with Crippen LogP contribution in [0.3, 0.4) is 0 Å². The molecule has 8 heteroatoms. The molecule has 0 unspecified atom stereocenters. The van der Waals surface area contributed by atoms with Crippen LogP contribution in [0, 0.1) is 0 Å². The van der Waals surface area contributed by atoms with Gasteiger partial charge in [-0.25, -0.2) is 13.2 Å². The van der Waals surface area contributed by atoms with Crippen molar-refractivity contribution < 1.29 is 17.9 Å². The van der Waals surface area contributed by atoms with Crippen LogP contribution in [0.5, 0.6) is 0 Å². The Hall–Kier alpha value is -2.09. The molecule has 2 aromatic rings. The van der Waals surface area contributed by atoms with Crippen molar-refractivity contribution in [3.8, 4) is 0 Å². The van der Waals surface area contributed by atoms with E-state index in [1.54, 1.807) is 24.3 Å². The van der Waals surface area contributed by atoms with Crippen molar-refractivity contribution in [1.29, 1.82) is 0 Å². The van der Waals surface area contributed by atoms with Crippen molar-refractivity contribution in [1.82, 2.24) is 4.31 Å². The monoisotopic (exact) mass is 408 g/mol. The zero-order valence-electron chi connectivity index (χ0n) is 15.0. The van der Waals surface area contributed by atoms with E-state index in [9.17, 15) is 13.2 Å². The molecule has 3 rings (SSSR count). The number of ether oxygens (including phenoxy) is 1. The molecular formula is C19H21ClN2O4S. The molecule has 0 N–H and O–H groups in total. The molecule has 144 valence electrons. The molecule has 1 fully saturated rings. The molecule has 27 heavy (non-hydrogen) atoms. The summed E-state index contributed by atoms with van der Waals surface area (Å²) in [5, 5.41) is 0.665. The predicted octanol–water partition coefficient (Wildman–Crippen LogP) is 2.78. The van der Waals surface area contributed by atoms with Gasteiger partial charge in [0.2, 0.25) is 10.0 Å². The zero-order chi connectivity index (χ0) is 19.4. The summed E-state index contributed by atoms with van der Waals surface area (Å²) in [6, 6.07) is 14.0. The molecule has 0 bridgehead atoms. The van der Waals surface area contributed by atoms with Gasteiger partial charge in [0.25, 0.3) is 0 Å². The highest BCUT2D eigenvalue weighted by Gasteiger charge is 2.27. The van der Waals surface area contributed by atoms with Crippen molar-refractivity contribution in [3.05, 3.63) is 64.7 Å². The van der Waals surface area contributed by atoms with Gasteiger partial charge in [-0.3, -0.25) is 0 Å². The Balaban J connectivity index is 1.62.